The van der Waals surface area contributed by atoms with E-state index in [0.29, 0.717) is 6.42 Å². The van der Waals surface area contributed by atoms with E-state index in [1.54, 1.807) is 0 Å². The van der Waals surface area contributed by atoms with Crippen molar-refractivity contribution in [3.8, 4) is 0 Å². The van der Waals surface area contributed by atoms with E-state index in [4.69, 9.17) is 0 Å². The Hall–Kier alpha value is -1.84. The van der Waals surface area contributed by atoms with E-state index < -0.39 is 0 Å². The summed E-state index contributed by atoms with van der Waals surface area (Å²) in [5, 5.41) is 3.04. The average Bonchev–Trinajstić information content (AvgIpc) is 3.36. The number of amides is 2. The van der Waals surface area contributed by atoms with Crippen LogP contribution < -0.4 is 5.32 Å². The minimum absolute atomic E-state index is 0.0139. The third-order valence-electron chi connectivity index (χ3n) is 4.77. The lowest BCUT2D eigenvalue weighted by Crippen LogP contribution is -2.38. The molecule has 1 aliphatic heterocycles. The Morgan fingerprint density at radius 3 is 2.45 bits per heavy atom. The first-order valence-corrected chi connectivity index (χ1v) is 8.31. The van der Waals surface area contributed by atoms with Gasteiger partial charge in [-0.25, -0.2) is 0 Å². The van der Waals surface area contributed by atoms with E-state index in [0.717, 1.165) is 31.5 Å². The highest BCUT2D eigenvalue weighted by molar-refractivity contribution is 5.92. The van der Waals surface area contributed by atoms with Gasteiger partial charge in [-0.2, -0.15) is 0 Å². The number of carbonyl (C=O) groups excluding carboxylic acids is 2. The highest BCUT2D eigenvalue weighted by Gasteiger charge is 2.49. The smallest absolute Gasteiger partial charge is 0.226 e. The molecule has 0 spiro atoms. The summed E-state index contributed by atoms with van der Waals surface area (Å²) in [6.45, 7) is 3.71. The lowest BCUT2D eigenvalue weighted by atomic mass is 10.1. The molecule has 1 aromatic carbocycles. The number of hydrogen-bond donors (Lipinski definition) is 1. The molecule has 3 rings (SSSR count). The van der Waals surface area contributed by atoms with Crippen molar-refractivity contribution in [2.24, 2.45) is 11.8 Å². The maximum absolute atomic E-state index is 12.4. The lowest BCUT2D eigenvalue weighted by Gasteiger charge is -2.26. The van der Waals surface area contributed by atoms with Gasteiger partial charge in [0.25, 0.3) is 0 Å². The van der Waals surface area contributed by atoms with Crippen LogP contribution in [-0.2, 0) is 9.59 Å². The van der Waals surface area contributed by atoms with Crippen LogP contribution in [0, 0.1) is 11.8 Å². The molecule has 2 amide bonds. The molecule has 4 nitrogen and oxygen atoms in total. The van der Waals surface area contributed by atoms with E-state index >= 15 is 0 Å². The van der Waals surface area contributed by atoms with Crippen molar-refractivity contribution in [2.75, 3.05) is 13.1 Å². The second kappa shape index (κ2) is 6.51. The van der Waals surface area contributed by atoms with Crippen molar-refractivity contribution in [3.05, 3.63) is 35.9 Å². The summed E-state index contributed by atoms with van der Waals surface area (Å²) in [5.74, 6) is 0.000545. The third kappa shape index (κ3) is 3.32. The fourth-order valence-electron chi connectivity index (χ4n) is 3.25. The molecule has 118 valence electrons. The topological polar surface area (TPSA) is 49.4 Å². The van der Waals surface area contributed by atoms with Gasteiger partial charge in [0.05, 0.1) is 17.9 Å². The van der Waals surface area contributed by atoms with Crippen LogP contribution in [0.5, 0.6) is 0 Å². The van der Waals surface area contributed by atoms with Crippen molar-refractivity contribution >= 4 is 11.8 Å². The molecule has 22 heavy (non-hydrogen) atoms. The van der Waals surface area contributed by atoms with Gasteiger partial charge in [-0.3, -0.25) is 9.59 Å². The second-order valence-electron chi connectivity index (χ2n) is 6.48. The zero-order valence-corrected chi connectivity index (χ0v) is 13.1. The van der Waals surface area contributed by atoms with Crippen molar-refractivity contribution in [1.29, 1.82) is 0 Å². The van der Waals surface area contributed by atoms with Crippen LogP contribution in [0.3, 0.4) is 0 Å². The van der Waals surface area contributed by atoms with E-state index in [-0.39, 0.29) is 29.7 Å². The minimum atomic E-state index is -0.124. The summed E-state index contributed by atoms with van der Waals surface area (Å²) >= 11 is 0. The van der Waals surface area contributed by atoms with E-state index in [1.165, 1.54) is 6.42 Å². The fraction of sp³-hybridized carbons (Fsp3) is 0.556. The number of carbonyl (C=O) groups is 2. The van der Waals surface area contributed by atoms with E-state index in [2.05, 4.69) is 5.32 Å². The highest BCUT2D eigenvalue weighted by Crippen LogP contribution is 2.41. The van der Waals surface area contributed by atoms with Gasteiger partial charge in [0.15, 0.2) is 0 Å². The number of piperidine rings is 1. The van der Waals surface area contributed by atoms with Crippen molar-refractivity contribution < 1.29 is 9.59 Å². The third-order valence-corrected chi connectivity index (χ3v) is 4.77. The van der Waals surface area contributed by atoms with Crippen LogP contribution in [0.25, 0.3) is 0 Å². The molecule has 3 atom stereocenters. The zero-order valence-electron chi connectivity index (χ0n) is 13.1. The Labute approximate surface area is 131 Å². The first-order chi connectivity index (χ1) is 10.7. The standard InChI is InChI=1S/C18H24N2O2/c1-13(14-8-4-2-5-9-14)19-17(21)15-12-16(15)18(22)20-10-6-3-7-11-20/h2,4-5,8-9,13,15-16H,3,6-7,10-12H2,1H3,(H,19,21). The minimum Gasteiger partial charge on any atom is -0.349 e. The lowest BCUT2D eigenvalue weighted by molar-refractivity contribution is -0.135. The number of nitrogens with one attached hydrogen (secondary N) is 1. The Morgan fingerprint density at radius 2 is 1.77 bits per heavy atom. The number of hydrogen-bond acceptors (Lipinski definition) is 2. The zero-order chi connectivity index (χ0) is 15.5. The average molecular weight is 300 g/mol. The monoisotopic (exact) mass is 300 g/mol. The Balaban J connectivity index is 1.51. The maximum Gasteiger partial charge on any atom is 0.226 e. The van der Waals surface area contributed by atoms with Crippen LogP contribution in [0.1, 0.15) is 44.2 Å². The van der Waals surface area contributed by atoms with Crippen LogP contribution in [0.4, 0.5) is 0 Å². The van der Waals surface area contributed by atoms with Gasteiger partial charge in [-0.05, 0) is 38.2 Å². The van der Waals surface area contributed by atoms with Gasteiger partial charge < -0.3 is 10.2 Å². The molecule has 0 bridgehead atoms. The molecule has 3 unspecified atom stereocenters. The van der Waals surface area contributed by atoms with Crippen LogP contribution >= 0.6 is 0 Å². The molecule has 2 fully saturated rings. The quantitative estimate of drug-likeness (QED) is 0.929. The van der Waals surface area contributed by atoms with Crippen LogP contribution in [0.15, 0.2) is 30.3 Å². The van der Waals surface area contributed by atoms with Crippen LogP contribution in [0.2, 0.25) is 0 Å². The molecule has 0 aromatic heterocycles. The normalized spacial score (nSPS) is 25.4. The molecule has 2 aliphatic rings. The second-order valence-corrected chi connectivity index (χ2v) is 6.48. The van der Waals surface area contributed by atoms with Crippen molar-refractivity contribution in [3.63, 3.8) is 0 Å². The molecule has 0 radical (unpaired) electrons. The van der Waals surface area contributed by atoms with Crippen molar-refractivity contribution in [2.45, 2.75) is 38.6 Å². The summed E-state index contributed by atoms with van der Waals surface area (Å²) in [4.78, 5) is 26.6. The maximum atomic E-state index is 12.4. The van der Waals surface area contributed by atoms with E-state index in [1.807, 2.05) is 42.2 Å². The number of likely N-dealkylation sites (tertiary alicyclic amines) is 1. The molecule has 4 heteroatoms. The molecule has 1 saturated carbocycles. The SMILES string of the molecule is CC(NC(=O)C1CC1C(=O)N1CCCCC1)c1ccccc1. The Kier molecular flexibility index (Phi) is 4.46. The van der Waals surface area contributed by atoms with Crippen LogP contribution in [-0.4, -0.2) is 29.8 Å². The van der Waals surface area contributed by atoms with Gasteiger partial charge >= 0.3 is 0 Å². The first kappa shape index (κ1) is 15.1. The molecule has 1 heterocycles. The molecular weight excluding hydrogens is 276 g/mol. The van der Waals surface area contributed by atoms with Crippen molar-refractivity contribution in [1.82, 2.24) is 10.2 Å². The summed E-state index contributed by atoms with van der Waals surface area (Å²) < 4.78 is 0. The van der Waals surface area contributed by atoms with Gasteiger partial charge in [0.1, 0.15) is 0 Å². The largest absolute Gasteiger partial charge is 0.349 e. The Bertz CT molecular complexity index is 537. The summed E-state index contributed by atoms with van der Waals surface area (Å²) in [6, 6.07) is 9.91. The van der Waals surface area contributed by atoms with Gasteiger partial charge in [0, 0.05) is 13.1 Å². The summed E-state index contributed by atoms with van der Waals surface area (Å²) in [5.41, 5.74) is 1.09. The first-order valence-electron chi connectivity index (χ1n) is 8.31. The number of nitrogens with zero attached hydrogens (tertiary/aromatic N) is 1. The predicted octanol–water partition coefficient (Wildman–Crippen LogP) is 2.51. The highest BCUT2D eigenvalue weighted by atomic mass is 16.2. The molecule has 1 aromatic rings. The summed E-state index contributed by atoms with van der Waals surface area (Å²) in [7, 11) is 0. The van der Waals surface area contributed by atoms with Gasteiger partial charge in [0.2, 0.25) is 11.8 Å². The molecule has 1 N–H and O–H groups in total. The van der Waals surface area contributed by atoms with E-state index in [9.17, 15) is 9.59 Å². The molecule has 1 saturated heterocycles. The fourth-order valence-corrected chi connectivity index (χ4v) is 3.25. The predicted molar refractivity (Wildman–Crippen MR) is 85.0 cm³/mol. The molecular formula is C18H24N2O2. The van der Waals surface area contributed by atoms with Gasteiger partial charge in [-0.15, -0.1) is 0 Å². The summed E-state index contributed by atoms with van der Waals surface area (Å²) in [6.07, 6.45) is 4.12. The molecule has 1 aliphatic carbocycles. The van der Waals surface area contributed by atoms with Gasteiger partial charge in [-0.1, -0.05) is 30.3 Å². The number of benzene rings is 1. The number of rotatable bonds is 4. The Morgan fingerprint density at radius 1 is 1.09 bits per heavy atom.